The number of nitrogens with zero attached hydrogens (tertiary/aromatic N) is 1. The van der Waals surface area contributed by atoms with Crippen LogP contribution in [0.3, 0.4) is 0 Å². The van der Waals surface area contributed by atoms with E-state index in [1.807, 2.05) is 18.2 Å². The van der Waals surface area contributed by atoms with Gasteiger partial charge in [-0.1, -0.05) is 158 Å². The molecule has 0 aliphatic rings. The van der Waals surface area contributed by atoms with Gasteiger partial charge >= 0.3 is 0 Å². The highest BCUT2D eigenvalue weighted by Gasteiger charge is 2.25. The Morgan fingerprint density at radius 1 is 0.286 bits per heavy atom. The SMILES string of the molecule is c1cc(-c2ccc3ccc4ccccc4c3c2)cc(N(c2cccc(-c3ccc4c(c3)oc3ccccc34)c2-c2ccc3ccccc3c2)c2cccc3oc4ccccc4c23)c1. The summed E-state index contributed by atoms with van der Waals surface area (Å²) in [5.41, 5.74) is 13.3. The Balaban J connectivity index is 1.09. The molecule has 2 heterocycles. The summed E-state index contributed by atoms with van der Waals surface area (Å²) in [5.74, 6) is 0. The third-order valence-electron chi connectivity index (χ3n) is 12.8. The summed E-state index contributed by atoms with van der Waals surface area (Å²) in [7, 11) is 0. The molecular formula is C60H37NO2. The lowest BCUT2D eigenvalue weighted by Gasteiger charge is -2.30. The van der Waals surface area contributed by atoms with Crippen LogP contribution < -0.4 is 4.90 Å². The Labute approximate surface area is 363 Å². The third kappa shape index (κ3) is 5.75. The predicted molar refractivity (Wildman–Crippen MR) is 265 cm³/mol. The molecule has 0 aliphatic heterocycles. The second-order valence-electron chi connectivity index (χ2n) is 16.4. The average molecular weight is 804 g/mol. The first-order valence-electron chi connectivity index (χ1n) is 21.5. The molecule has 0 spiro atoms. The molecule has 0 saturated heterocycles. The van der Waals surface area contributed by atoms with Crippen LogP contribution in [-0.4, -0.2) is 0 Å². The lowest BCUT2D eigenvalue weighted by atomic mass is 9.90. The highest BCUT2D eigenvalue weighted by Crippen LogP contribution is 2.50. The van der Waals surface area contributed by atoms with Crippen molar-refractivity contribution < 1.29 is 8.83 Å². The molecular weight excluding hydrogens is 767 g/mol. The molecule has 0 atom stereocenters. The monoisotopic (exact) mass is 803 g/mol. The van der Waals surface area contributed by atoms with E-state index in [0.717, 1.165) is 94.3 Å². The maximum Gasteiger partial charge on any atom is 0.137 e. The first kappa shape index (κ1) is 35.4. The first-order chi connectivity index (χ1) is 31.2. The number of fused-ring (bicyclic) bond motifs is 10. The molecule has 0 fully saturated rings. The van der Waals surface area contributed by atoms with Crippen LogP contribution >= 0.6 is 0 Å². The number of furan rings is 2. The van der Waals surface area contributed by atoms with Crippen molar-refractivity contribution in [2.45, 2.75) is 0 Å². The van der Waals surface area contributed by atoms with E-state index < -0.39 is 0 Å². The van der Waals surface area contributed by atoms with Crippen molar-refractivity contribution in [2.75, 3.05) is 4.90 Å². The van der Waals surface area contributed by atoms with Crippen LogP contribution in [0.15, 0.2) is 233 Å². The fraction of sp³-hybridized carbons (Fsp3) is 0. The van der Waals surface area contributed by atoms with E-state index in [-0.39, 0.29) is 0 Å². The van der Waals surface area contributed by atoms with Gasteiger partial charge in [0.2, 0.25) is 0 Å². The maximum absolute atomic E-state index is 6.57. The summed E-state index contributed by atoms with van der Waals surface area (Å²) in [6, 6.07) is 80.8. The van der Waals surface area contributed by atoms with E-state index >= 15 is 0 Å². The van der Waals surface area contributed by atoms with Crippen LogP contribution in [0.4, 0.5) is 17.1 Å². The minimum Gasteiger partial charge on any atom is -0.456 e. The topological polar surface area (TPSA) is 29.5 Å². The average Bonchev–Trinajstić information content (AvgIpc) is 3.92. The molecule has 0 unspecified atom stereocenters. The smallest absolute Gasteiger partial charge is 0.137 e. The molecule has 2 aromatic heterocycles. The van der Waals surface area contributed by atoms with Crippen LogP contribution in [0.1, 0.15) is 0 Å². The number of hydrogen-bond donors (Lipinski definition) is 0. The van der Waals surface area contributed by atoms with Crippen LogP contribution in [0.2, 0.25) is 0 Å². The van der Waals surface area contributed by atoms with Gasteiger partial charge in [0.25, 0.3) is 0 Å². The van der Waals surface area contributed by atoms with Gasteiger partial charge in [0.1, 0.15) is 22.3 Å². The van der Waals surface area contributed by atoms with Crippen molar-refractivity contribution in [2.24, 2.45) is 0 Å². The number of para-hydroxylation sites is 2. The molecule has 0 N–H and O–H groups in total. The van der Waals surface area contributed by atoms with Crippen molar-refractivity contribution in [1.29, 1.82) is 0 Å². The van der Waals surface area contributed by atoms with Crippen molar-refractivity contribution >= 4 is 93.3 Å². The van der Waals surface area contributed by atoms with E-state index in [1.54, 1.807) is 0 Å². The molecule has 13 aromatic rings. The zero-order valence-corrected chi connectivity index (χ0v) is 34.1. The summed E-state index contributed by atoms with van der Waals surface area (Å²) < 4.78 is 13.1. The van der Waals surface area contributed by atoms with Gasteiger partial charge in [0.05, 0.1) is 16.8 Å². The Morgan fingerprint density at radius 2 is 0.873 bits per heavy atom. The Hall–Kier alpha value is -8.40. The first-order valence-corrected chi connectivity index (χ1v) is 21.5. The molecule has 0 radical (unpaired) electrons. The maximum atomic E-state index is 6.57. The highest BCUT2D eigenvalue weighted by atomic mass is 16.3. The number of anilines is 3. The largest absolute Gasteiger partial charge is 0.456 e. The van der Waals surface area contributed by atoms with E-state index in [4.69, 9.17) is 8.83 Å². The van der Waals surface area contributed by atoms with Gasteiger partial charge < -0.3 is 13.7 Å². The lowest BCUT2D eigenvalue weighted by molar-refractivity contribution is 0.668. The number of benzene rings is 11. The van der Waals surface area contributed by atoms with Crippen LogP contribution in [-0.2, 0) is 0 Å². The van der Waals surface area contributed by atoms with E-state index in [9.17, 15) is 0 Å². The zero-order chi connectivity index (χ0) is 41.4. The van der Waals surface area contributed by atoms with E-state index in [1.165, 1.54) is 32.3 Å². The third-order valence-corrected chi connectivity index (χ3v) is 12.8. The summed E-state index contributed by atoms with van der Waals surface area (Å²) in [6.07, 6.45) is 0. The normalized spacial score (nSPS) is 11.8. The molecule has 11 aromatic carbocycles. The number of hydrogen-bond acceptors (Lipinski definition) is 3. The van der Waals surface area contributed by atoms with E-state index in [0.29, 0.717) is 0 Å². The Kier molecular flexibility index (Phi) is 7.91. The second kappa shape index (κ2) is 14.1. The van der Waals surface area contributed by atoms with Gasteiger partial charge in [-0.05, 0) is 127 Å². The van der Waals surface area contributed by atoms with Crippen molar-refractivity contribution in [3.63, 3.8) is 0 Å². The van der Waals surface area contributed by atoms with Crippen molar-refractivity contribution in [1.82, 2.24) is 0 Å². The minimum atomic E-state index is 0.843. The van der Waals surface area contributed by atoms with Crippen molar-refractivity contribution in [3.05, 3.63) is 224 Å². The lowest BCUT2D eigenvalue weighted by Crippen LogP contribution is -2.12. The van der Waals surface area contributed by atoms with Crippen LogP contribution in [0, 0.1) is 0 Å². The molecule has 3 heteroatoms. The molecule has 0 aliphatic carbocycles. The molecule has 13 rings (SSSR count). The fourth-order valence-corrected chi connectivity index (χ4v) is 9.87. The summed E-state index contributed by atoms with van der Waals surface area (Å²) in [5, 5.41) is 11.7. The summed E-state index contributed by atoms with van der Waals surface area (Å²) in [6.45, 7) is 0. The Morgan fingerprint density at radius 3 is 1.76 bits per heavy atom. The standard InChI is InChI=1S/C60H37NO2/c1-2-14-41-34-45(31-26-38(41)12-1)59-48(44-32-33-50-49-18-5-7-23-55(49)63-58(50)37-44)20-10-21-53(59)61(54-22-11-25-57-60(54)51-19-6-8-24-56(51)62-57)46-16-9-15-42(35-46)43-30-29-40-28-27-39-13-3-4-17-47(39)52(40)36-43/h1-37H. The van der Waals surface area contributed by atoms with Gasteiger partial charge in [0.15, 0.2) is 0 Å². The zero-order valence-electron chi connectivity index (χ0n) is 34.1. The van der Waals surface area contributed by atoms with Crippen molar-refractivity contribution in [3.8, 4) is 33.4 Å². The quantitative estimate of drug-likeness (QED) is 0.157. The molecule has 0 saturated carbocycles. The minimum absolute atomic E-state index is 0.843. The number of rotatable bonds is 6. The Bertz CT molecular complexity index is 3940. The van der Waals surface area contributed by atoms with Gasteiger partial charge in [-0.15, -0.1) is 0 Å². The van der Waals surface area contributed by atoms with Gasteiger partial charge in [-0.25, -0.2) is 0 Å². The second-order valence-corrected chi connectivity index (χ2v) is 16.4. The van der Waals surface area contributed by atoms with Crippen LogP contribution in [0.25, 0.3) is 110 Å². The van der Waals surface area contributed by atoms with Gasteiger partial charge in [-0.3, -0.25) is 0 Å². The van der Waals surface area contributed by atoms with Gasteiger partial charge in [-0.2, -0.15) is 0 Å². The summed E-state index contributed by atoms with van der Waals surface area (Å²) in [4.78, 5) is 2.44. The molecule has 0 bridgehead atoms. The van der Waals surface area contributed by atoms with E-state index in [2.05, 4.69) is 211 Å². The highest BCUT2D eigenvalue weighted by molar-refractivity contribution is 6.15. The molecule has 294 valence electrons. The predicted octanol–water partition coefficient (Wildman–Crippen LogP) is 17.4. The molecule has 3 nitrogen and oxygen atoms in total. The van der Waals surface area contributed by atoms with Crippen LogP contribution in [0.5, 0.6) is 0 Å². The van der Waals surface area contributed by atoms with Gasteiger partial charge in [0, 0.05) is 27.4 Å². The molecule has 0 amide bonds. The summed E-state index contributed by atoms with van der Waals surface area (Å²) >= 11 is 0. The fourth-order valence-electron chi connectivity index (χ4n) is 9.87. The molecule has 63 heavy (non-hydrogen) atoms.